The number of carbonyl (C=O) groups is 1. The number of rotatable bonds is 5. The highest BCUT2D eigenvalue weighted by atomic mass is 79.9. The van der Waals surface area contributed by atoms with Crippen LogP contribution in [0.1, 0.15) is 25.3 Å². The van der Waals surface area contributed by atoms with Gasteiger partial charge in [0.05, 0.1) is 0 Å². The molecule has 0 spiro atoms. The Bertz CT molecular complexity index is 368. The summed E-state index contributed by atoms with van der Waals surface area (Å²) in [4.78, 5) is 13.4. The Kier molecular flexibility index (Phi) is 6.05. The smallest absolute Gasteiger partial charge is 0.317 e. The van der Waals surface area contributed by atoms with Crippen LogP contribution in [-0.4, -0.2) is 24.5 Å². The third kappa shape index (κ3) is 5.22. The van der Waals surface area contributed by atoms with Crippen LogP contribution in [0.25, 0.3) is 0 Å². The molecule has 4 heteroatoms. The molecular weight excluding hydrogens is 280 g/mol. The molecule has 0 unspecified atom stereocenters. The number of hydrogen-bond acceptors (Lipinski definition) is 1. The van der Waals surface area contributed by atoms with Crippen molar-refractivity contribution in [3.63, 3.8) is 0 Å². The molecule has 0 heterocycles. The monoisotopic (exact) mass is 298 g/mol. The number of hydrogen-bond donors (Lipinski definition) is 1. The fourth-order valence-electron chi connectivity index (χ4n) is 1.49. The van der Waals surface area contributed by atoms with Gasteiger partial charge in [-0.1, -0.05) is 41.4 Å². The molecule has 0 bridgehead atoms. The predicted molar refractivity (Wildman–Crippen MR) is 73.9 cm³/mol. The van der Waals surface area contributed by atoms with E-state index in [-0.39, 0.29) is 6.03 Å². The van der Waals surface area contributed by atoms with Crippen LogP contribution in [0, 0.1) is 0 Å². The van der Waals surface area contributed by atoms with Gasteiger partial charge in [-0.2, -0.15) is 0 Å². The molecule has 0 fully saturated rings. The summed E-state index contributed by atoms with van der Waals surface area (Å²) >= 11 is 3.42. The van der Waals surface area contributed by atoms with Crippen molar-refractivity contribution < 1.29 is 4.79 Å². The highest BCUT2D eigenvalue weighted by Gasteiger charge is 2.07. The van der Waals surface area contributed by atoms with Crippen LogP contribution in [0.2, 0.25) is 0 Å². The number of nitrogens with zero attached hydrogens (tertiary/aromatic N) is 1. The second kappa shape index (κ2) is 7.33. The van der Waals surface area contributed by atoms with Crippen LogP contribution < -0.4 is 5.32 Å². The van der Waals surface area contributed by atoms with Crippen molar-refractivity contribution in [2.75, 3.05) is 13.6 Å². The maximum Gasteiger partial charge on any atom is 0.317 e. The zero-order chi connectivity index (χ0) is 12.7. The van der Waals surface area contributed by atoms with Gasteiger partial charge in [-0.15, -0.1) is 0 Å². The lowest BCUT2D eigenvalue weighted by atomic mass is 10.2. The Labute approximate surface area is 111 Å². The summed E-state index contributed by atoms with van der Waals surface area (Å²) in [6.07, 6.45) is 2.12. The molecule has 1 aromatic carbocycles. The molecule has 0 radical (unpaired) electrons. The minimum atomic E-state index is -0.0153. The van der Waals surface area contributed by atoms with E-state index in [0.717, 1.165) is 29.4 Å². The molecule has 0 aliphatic carbocycles. The first-order valence-electron chi connectivity index (χ1n) is 5.87. The number of unbranched alkanes of at least 4 members (excludes halogenated alkanes) is 1. The average Bonchev–Trinajstić information content (AvgIpc) is 2.29. The first-order chi connectivity index (χ1) is 8.13. The summed E-state index contributed by atoms with van der Waals surface area (Å²) in [7, 11) is 1.81. The van der Waals surface area contributed by atoms with Crippen LogP contribution >= 0.6 is 15.9 Å². The Balaban J connectivity index is 2.43. The second-order valence-corrected chi connectivity index (χ2v) is 4.99. The quantitative estimate of drug-likeness (QED) is 0.830. The van der Waals surface area contributed by atoms with Crippen molar-refractivity contribution in [3.05, 3.63) is 34.3 Å². The summed E-state index contributed by atoms with van der Waals surface area (Å²) in [5, 5.41) is 2.89. The first kappa shape index (κ1) is 14.0. The Morgan fingerprint density at radius 3 is 2.88 bits per heavy atom. The standard InChI is InChI=1S/C13H19BrN2O/c1-3-4-8-15-13(17)16(2)10-11-6-5-7-12(14)9-11/h5-7,9H,3-4,8,10H2,1-2H3,(H,15,17). The summed E-state index contributed by atoms with van der Waals surface area (Å²) in [6, 6.07) is 7.97. The van der Waals surface area contributed by atoms with Gasteiger partial charge in [0, 0.05) is 24.6 Å². The Morgan fingerprint density at radius 2 is 2.24 bits per heavy atom. The Hall–Kier alpha value is -1.03. The van der Waals surface area contributed by atoms with E-state index in [4.69, 9.17) is 0 Å². The number of amides is 2. The molecule has 0 saturated carbocycles. The topological polar surface area (TPSA) is 32.3 Å². The van der Waals surface area contributed by atoms with Gasteiger partial charge in [-0.3, -0.25) is 0 Å². The van der Waals surface area contributed by atoms with Crippen LogP contribution in [-0.2, 0) is 6.54 Å². The zero-order valence-corrected chi connectivity index (χ0v) is 12.0. The number of urea groups is 1. The van der Waals surface area contributed by atoms with Crippen molar-refractivity contribution >= 4 is 22.0 Å². The van der Waals surface area contributed by atoms with Crippen LogP contribution in [0.5, 0.6) is 0 Å². The van der Waals surface area contributed by atoms with Gasteiger partial charge in [0.2, 0.25) is 0 Å². The SMILES string of the molecule is CCCCNC(=O)N(C)Cc1cccc(Br)c1. The minimum Gasteiger partial charge on any atom is -0.338 e. The van der Waals surface area contributed by atoms with E-state index in [9.17, 15) is 4.79 Å². The highest BCUT2D eigenvalue weighted by Crippen LogP contribution is 2.12. The molecule has 0 atom stereocenters. The highest BCUT2D eigenvalue weighted by molar-refractivity contribution is 9.10. The number of halogens is 1. The molecule has 1 aromatic rings. The number of carbonyl (C=O) groups excluding carboxylic acids is 1. The molecule has 2 amide bonds. The van der Waals surface area contributed by atoms with Gasteiger partial charge in [0.15, 0.2) is 0 Å². The predicted octanol–water partition coefficient (Wildman–Crippen LogP) is 3.39. The van der Waals surface area contributed by atoms with Gasteiger partial charge < -0.3 is 10.2 Å². The second-order valence-electron chi connectivity index (χ2n) is 4.07. The van der Waals surface area contributed by atoms with Gasteiger partial charge in [0.1, 0.15) is 0 Å². The van der Waals surface area contributed by atoms with E-state index < -0.39 is 0 Å². The van der Waals surface area contributed by atoms with Crippen LogP contribution in [0.4, 0.5) is 4.79 Å². The Morgan fingerprint density at radius 1 is 1.47 bits per heavy atom. The van der Waals surface area contributed by atoms with Gasteiger partial charge in [-0.05, 0) is 24.1 Å². The largest absolute Gasteiger partial charge is 0.338 e. The fraction of sp³-hybridized carbons (Fsp3) is 0.462. The van der Waals surface area contributed by atoms with E-state index in [1.807, 2.05) is 31.3 Å². The molecule has 0 aliphatic rings. The lowest BCUT2D eigenvalue weighted by Crippen LogP contribution is -2.37. The van der Waals surface area contributed by atoms with Crippen molar-refractivity contribution in [1.29, 1.82) is 0 Å². The lowest BCUT2D eigenvalue weighted by molar-refractivity contribution is 0.207. The van der Waals surface area contributed by atoms with E-state index in [1.165, 1.54) is 0 Å². The van der Waals surface area contributed by atoms with Crippen molar-refractivity contribution in [1.82, 2.24) is 10.2 Å². The summed E-state index contributed by atoms with van der Waals surface area (Å²) in [6.45, 7) is 3.48. The molecule has 1 rings (SSSR count). The third-order valence-electron chi connectivity index (χ3n) is 2.46. The molecular formula is C13H19BrN2O. The molecule has 17 heavy (non-hydrogen) atoms. The summed E-state index contributed by atoms with van der Waals surface area (Å²) < 4.78 is 1.04. The summed E-state index contributed by atoms with van der Waals surface area (Å²) in [5.41, 5.74) is 1.12. The molecule has 1 N–H and O–H groups in total. The van der Waals surface area contributed by atoms with E-state index in [0.29, 0.717) is 6.54 Å². The normalized spacial score (nSPS) is 10.1. The van der Waals surface area contributed by atoms with Gasteiger partial charge in [0.25, 0.3) is 0 Å². The average molecular weight is 299 g/mol. The minimum absolute atomic E-state index is 0.0153. The van der Waals surface area contributed by atoms with E-state index in [2.05, 4.69) is 28.2 Å². The fourth-order valence-corrected chi connectivity index (χ4v) is 1.93. The number of nitrogens with one attached hydrogen (secondary N) is 1. The number of benzene rings is 1. The van der Waals surface area contributed by atoms with E-state index in [1.54, 1.807) is 4.90 Å². The lowest BCUT2D eigenvalue weighted by Gasteiger charge is -2.18. The van der Waals surface area contributed by atoms with Gasteiger partial charge >= 0.3 is 6.03 Å². The maximum atomic E-state index is 11.7. The summed E-state index contributed by atoms with van der Waals surface area (Å²) in [5.74, 6) is 0. The van der Waals surface area contributed by atoms with E-state index >= 15 is 0 Å². The molecule has 94 valence electrons. The van der Waals surface area contributed by atoms with Crippen molar-refractivity contribution in [2.24, 2.45) is 0 Å². The molecule has 3 nitrogen and oxygen atoms in total. The molecule has 0 aliphatic heterocycles. The maximum absolute atomic E-state index is 11.7. The zero-order valence-electron chi connectivity index (χ0n) is 10.4. The first-order valence-corrected chi connectivity index (χ1v) is 6.66. The van der Waals surface area contributed by atoms with Crippen LogP contribution in [0.3, 0.4) is 0 Å². The third-order valence-corrected chi connectivity index (χ3v) is 2.96. The van der Waals surface area contributed by atoms with Gasteiger partial charge in [-0.25, -0.2) is 4.79 Å². The van der Waals surface area contributed by atoms with Crippen molar-refractivity contribution in [3.8, 4) is 0 Å². The van der Waals surface area contributed by atoms with Crippen LogP contribution in [0.15, 0.2) is 28.7 Å². The molecule has 0 saturated heterocycles. The van der Waals surface area contributed by atoms with Crippen molar-refractivity contribution in [2.45, 2.75) is 26.3 Å². The molecule has 0 aromatic heterocycles.